The number of nitrogens with zero attached hydrogens (tertiary/aromatic N) is 1. The van der Waals surface area contributed by atoms with Crippen LogP contribution in [0.1, 0.15) is 22.5 Å². The van der Waals surface area contributed by atoms with Gasteiger partial charge in [-0.3, -0.25) is 10.1 Å². The monoisotopic (exact) mass is 338 g/mol. The molecule has 0 aliphatic rings. The number of nitrogens with one attached hydrogen (secondary N) is 1. The van der Waals surface area contributed by atoms with Gasteiger partial charge in [-0.1, -0.05) is 6.07 Å². The molecule has 5 heteroatoms. The molecule has 1 amide bonds. The van der Waals surface area contributed by atoms with Crippen LogP contribution < -0.4 is 5.32 Å². The second-order valence-corrected chi connectivity index (χ2v) is 6.49. The molecule has 3 rings (SSSR count). The molecule has 24 heavy (non-hydrogen) atoms. The van der Waals surface area contributed by atoms with Gasteiger partial charge in [0, 0.05) is 17.0 Å². The van der Waals surface area contributed by atoms with Crippen molar-refractivity contribution in [1.82, 2.24) is 4.98 Å². The second-order valence-electron chi connectivity index (χ2n) is 5.63. The van der Waals surface area contributed by atoms with Crippen molar-refractivity contribution >= 4 is 28.5 Å². The minimum absolute atomic E-state index is 0.232. The zero-order valence-electron chi connectivity index (χ0n) is 13.8. The van der Waals surface area contributed by atoms with Gasteiger partial charge in [0.2, 0.25) is 5.91 Å². The van der Waals surface area contributed by atoms with Crippen LogP contribution in [0, 0.1) is 20.8 Å². The molecule has 1 N–H and O–H groups in total. The first kappa shape index (κ1) is 16.2. The molecule has 0 bridgehead atoms. The Labute approximate surface area is 144 Å². The van der Waals surface area contributed by atoms with E-state index in [0.717, 1.165) is 11.3 Å². The number of hydrogen-bond donors (Lipinski definition) is 1. The van der Waals surface area contributed by atoms with E-state index in [-0.39, 0.29) is 5.91 Å². The van der Waals surface area contributed by atoms with E-state index in [1.165, 1.54) is 34.1 Å². The lowest BCUT2D eigenvalue weighted by molar-refractivity contribution is -0.111. The predicted molar refractivity (Wildman–Crippen MR) is 98.1 cm³/mol. The van der Waals surface area contributed by atoms with Gasteiger partial charge >= 0.3 is 0 Å². The SMILES string of the molecule is Cc1cc(C)c(-c2csc(NC(=O)/C=C/c3ccco3)n2)cc1C. The number of aromatic nitrogens is 1. The number of rotatable bonds is 4. The molecule has 2 aromatic heterocycles. The van der Waals surface area contributed by atoms with Crippen LogP contribution in [0.5, 0.6) is 0 Å². The van der Waals surface area contributed by atoms with Crippen molar-refractivity contribution in [3.8, 4) is 11.3 Å². The molecule has 0 saturated heterocycles. The van der Waals surface area contributed by atoms with Crippen molar-refractivity contribution in [2.24, 2.45) is 0 Å². The van der Waals surface area contributed by atoms with Gasteiger partial charge in [-0.2, -0.15) is 0 Å². The van der Waals surface area contributed by atoms with Crippen LogP contribution in [0.4, 0.5) is 5.13 Å². The predicted octanol–water partition coefficient (Wildman–Crippen LogP) is 4.98. The van der Waals surface area contributed by atoms with Crippen molar-refractivity contribution in [2.45, 2.75) is 20.8 Å². The molecule has 0 spiro atoms. The van der Waals surface area contributed by atoms with Crippen LogP contribution in [-0.4, -0.2) is 10.9 Å². The van der Waals surface area contributed by atoms with Crippen molar-refractivity contribution in [2.75, 3.05) is 5.32 Å². The summed E-state index contributed by atoms with van der Waals surface area (Å²) in [6.07, 6.45) is 4.62. The summed E-state index contributed by atoms with van der Waals surface area (Å²) in [6, 6.07) is 7.86. The average molecular weight is 338 g/mol. The summed E-state index contributed by atoms with van der Waals surface area (Å²) in [5, 5.41) is 5.32. The molecule has 0 fully saturated rings. The summed E-state index contributed by atoms with van der Waals surface area (Å²) >= 11 is 1.41. The topological polar surface area (TPSA) is 55.1 Å². The van der Waals surface area contributed by atoms with Crippen LogP contribution in [0.2, 0.25) is 0 Å². The highest BCUT2D eigenvalue weighted by atomic mass is 32.1. The van der Waals surface area contributed by atoms with Gasteiger partial charge in [0.25, 0.3) is 0 Å². The number of furan rings is 1. The van der Waals surface area contributed by atoms with Gasteiger partial charge in [-0.15, -0.1) is 11.3 Å². The number of carbonyl (C=O) groups is 1. The average Bonchev–Trinajstić information content (AvgIpc) is 3.20. The van der Waals surface area contributed by atoms with Crippen molar-refractivity contribution in [3.63, 3.8) is 0 Å². The summed E-state index contributed by atoms with van der Waals surface area (Å²) in [5.74, 6) is 0.403. The fourth-order valence-electron chi connectivity index (χ4n) is 2.38. The number of benzene rings is 1. The summed E-state index contributed by atoms with van der Waals surface area (Å²) in [6.45, 7) is 6.27. The third-order valence-corrected chi connectivity index (χ3v) is 4.55. The van der Waals surface area contributed by atoms with Gasteiger partial charge in [-0.05, 0) is 61.7 Å². The number of thiazole rings is 1. The molecule has 0 aliphatic heterocycles. The summed E-state index contributed by atoms with van der Waals surface area (Å²) in [4.78, 5) is 16.5. The zero-order valence-corrected chi connectivity index (χ0v) is 14.6. The Balaban J connectivity index is 1.74. The molecular formula is C19H18N2O2S. The first-order chi connectivity index (χ1) is 11.5. The molecule has 122 valence electrons. The van der Waals surface area contributed by atoms with Gasteiger partial charge in [0.15, 0.2) is 5.13 Å². The normalized spacial score (nSPS) is 11.1. The Kier molecular flexibility index (Phi) is 4.62. The first-order valence-electron chi connectivity index (χ1n) is 7.59. The highest BCUT2D eigenvalue weighted by molar-refractivity contribution is 7.14. The maximum atomic E-state index is 11.9. The van der Waals surface area contributed by atoms with Gasteiger partial charge in [-0.25, -0.2) is 4.98 Å². The van der Waals surface area contributed by atoms with Gasteiger partial charge < -0.3 is 4.42 Å². The van der Waals surface area contributed by atoms with Crippen LogP contribution >= 0.6 is 11.3 Å². The quantitative estimate of drug-likeness (QED) is 0.683. The third kappa shape index (κ3) is 3.63. The number of anilines is 1. The number of hydrogen-bond acceptors (Lipinski definition) is 4. The van der Waals surface area contributed by atoms with E-state index < -0.39 is 0 Å². The number of amides is 1. The van der Waals surface area contributed by atoms with Crippen molar-refractivity contribution < 1.29 is 9.21 Å². The van der Waals surface area contributed by atoms with Gasteiger partial charge in [0.1, 0.15) is 5.76 Å². The number of aryl methyl sites for hydroxylation is 3. The molecule has 4 nitrogen and oxygen atoms in total. The molecule has 1 aromatic carbocycles. The Morgan fingerprint density at radius 3 is 2.75 bits per heavy atom. The zero-order chi connectivity index (χ0) is 17.1. The molecule has 0 aliphatic carbocycles. The van der Waals surface area contributed by atoms with E-state index in [9.17, 15) is 4.79 Å². The summed E-state index contributed by atoms with van der Waals surface area (Å²) in [5.41, 5.74) is 5.66. The van der Waals surface area contributed by atoms with E-state index in [1.807, 2.05) is 5.38 Å². The van der Waals surface area contributed by atoms with Crippen LogP contribution in [0.25, 0.3) is 17.3 Å². The fourth-order valence-corrected chi connectivity index (χ4v) is 3.10. The maximum absolute atomic E-state index is 11.9. The highest BCUT2D eigenvalue weighted by Gasteiger charge is 2.10. The minimum Gasteiger partial charge on any atom is -0.465 e. The molecule has 0 saturated carbocycles. The van der Waals surface area contributed by atoms with Gasteiger partial charge in [0.05, 0.1) is 12.0 Å². The highest BCUT2D eigenvalue weighted by Crippen LogP contribution is 2.29. The summed E-state index contributed by atoms with van der Waals surface area (Å²) < 4.78 is 5.15. The lowest BCUT2D eigenvalue weighted by Crippen LogP contribution is -2.07. The van der Waals surface area contributed by atoms with E-state index in [2.05, 4.69) is 43.2 Å². The van der Waals surface area contributed by atoms with E-state index in [0.29, 0.717) is 10.9 Å². The second kappa shape index (κ2) is 6.84. The lowest BCUT2D eigenvalue weighted by atomic mass is 9.99. The van der Waals surface area contributed by atoms with E-state index in [1.54, 1.807) is 24.5 Å². The molecule has 2 heterocycles. The molecular weight excluding hydrogens is 320 g/mol. The number of carbonyl (C=O) groups excluding carboxylic acids is 1. The van der Waals surface area contributed by atoms with Crippen LogP contribution in [0.3, 0.4) is 0 Å². The molecule has 3 aromatic rings. The minimum atomic E-state index is -0.232. The third-order valence-electron chi connectivity index (χ3n) is 3.79. The molecule has 0 radical (unpaired) electrons. The smallest absolute Gasteiger partial charge is 0.250 e. The Bertz CT molecular complexity index is 892. The van der Waals surface area contributed by atoms with Crippen LogP contribution in [0.15, 0.2) is 46.4 Å². The summed E-state index contributed by atoms with van der Waals surface area (Å²) in [7, 11) is 0. The fraction of sp³-hybridized carbons (Fsp3) is 0.158. The first-order valence-corrected chi connectivity index (χ1v) is 8.47. The van der Waals surface area contributed by atoms with Crippen molar-refractivity contribution in [1.29, 1.82) is 0 Å². The Hall–Kier alpha value is -2.66. The standard InChI is InChI=1S/C19H18N2O2S/c1-12-9-14(3)16(10-13(12)2)17-11-24-19(20-17)21-18(22)7-6-15-5-4-8-23-15/h4-11H,1-3H3,(H,20,21,22)/b7-6+. The Morgan fingerprint density at radius 1 is 1.21 bits per heavy atom. The van der Waals surface area contributed by atoms with Crippen LogP contribution in [-0.2, 0) is 4.79 Å². The van der Waals surface area contributed by atoms with E-state index in [4.69, 9.17) is 4.42 Å². The van der Waals surface area contributed by atoms with E-state index >= 15 is 0 Å². The molecule has 0 unspecified atom stereocenters. The lowest BCUT2D eigenvalue weighted by Gasteiger charge is -2.07. The largest absolute Gasteiger partial charge is 0.465 e. The molecule has 0 atom stereocenters. The maximum Gasteiger partial charge on any atom is 0.250 e. The Morgan fingerprint density at radius 2 is 2.00 bits per heavy atom. The van der Waals surface area contributed by atoms with Crippen molar-refractivity contribution in [3.05, 3.63) is 64.4 Å².